The minimum absolute atomic E-state index is 0.288. The summed E-state index contributed by atoms with van der Waals surface area (Å²) in [4.78, 5) is 12.1. The van der Waals surface area contributed by atoms with Gasteiger partial charge in [0.05, 0.1) is 10.6 Å². The van der Waals surface area contributed by atoms with Crippen molar-refractivity contribution in [3.8, 4) is 0 Å². The van der Waals surface area contributed by atoms with Gasteiger partial charge in [0.1, 0.15) is 0 Å². The molecule has 1 amide bonds. The molecule has 5 heteroatoms. The van der Waals surface area contributed by atoms with Gasteiger partial charge in [0, 0.05) is 17.3 Å². The van der Waals surface area contributed by atoms with E-state index in [9.17, 15) is 4.79 Å². The van der Waals surface area contributed by atoms with E-state index in [1.807, 2.05) is 18.2 Å². The van der Waals surface area contributed by atoms with Crippen LogP contribution >= 0.6 is 23.2 Å². The smallest absolute Gasteiger partial charge is 0.255 e. The van der Waals surface area contributed by atoms with E-state index in [-0.39, 0.29) is 11.5 Å². The van der Waals surface area contributed by atoms with Gasteiger partial charge in [-0.05, 0) is 23.8 Å². The van der Waals surface area contributed by atoms with Crippen LogP contribution in [0.2, 0.25) is 10.0 Å². The lowest BCUT2D eigenvalue weighted by Crippen LogP contribution is -2.24. The number of rotatable bonds is 3. The molecule has 2 aromatic carbocycles. The molecule has 0 radical (unpaired) electrons. The van der Waals surface area contributed by atoms with Crippen LogP contribution < -0.4 is 11.1 Å². The molecule has 0 bridgehead atoms. The van der Waals surface area contributed by atoms with E-state index in [2.05, 4.69) is 5.32 Å². The Kier molecular flexibility index (Phi) is 4.30. The quantitative estimate of drug-likeness (QED) is 0.851. The van der Waals surface area contributed by atoms with Gasteiger partial charge < -0.3 is 11.1 Å². The molecule has 3 N–H and O–H groups in total. The van der Waals surface area contributed by atoms with Gasteiger partial charge in [0.2, 0.25) is 0 Å². The fourth-order valence-corrected chi connectivity index (χ4v) is 2.16. The molecule has 2 rings (SSSR count). The number of nitrogens with one attached hydrogen (secondary N) is 1. The van der Waals surface area contributed by atoms with Gasteiger partial charge in [-0.2, -0.15) is 0 Å². The Hall–Kier alpha value is -1.71. The molecule has 0 aliphatic carbocycles. The summed E-state index contributed by atoms with van der Waals surface area (Å²) in [5, 5.41) is 3.69. The lowest BCUT2D eigenvalue weighted by Gasteiger charge is -2.10. The summed E-state index contributed by atoms with van der Waals surface area (Å²) in [6, 6.07) is 12.3. The Morgan fingerprint density at radius 2 is 1.74 bits per heavy atom. The number of nitrogens with two attached hydrogens (primary N) is 1. The van der Waals surface area contributed by atoms with Crippen LogP contribution in [-0.2, 0) is 6.54 Å². The molecule has 0 aromatic heterocycles. The lowest BCUT2D eigenvalue weighted by molar-refractivity contribution is 0.0952. The highest BCUT2D eigenvalue weighted by Crippen LogP contribution is 2.22. The van der Waals surface area contributed by atoms with Crippen molar-refractivity contribution in [2.24, 2.45) is 0 Å². The predicted octanol–water partition coefficient (Wildman–Crippen LogP) is 3.51. The minimum atomic E-state index is -0.317. The van der Waals surface area contributed by atoms with E-state index in [1.165, 1.54) is 0 Å². The van der Waals surface area contributed by atoms with Crippen LogP contribution in [-0.4, -0.2) is 5.91 Å². The maximum atomic E-state index is 12.1. The second-order valence-electron chi connectivity index (χ2n) is 3.98. The van der Waals surface area contributed by atoms with Crippen molar-refractivity contribution in [3.63, 3.8) is 0 Å². The maximum Gasteiger partial charge on any atom is 0.255 e. The van der Waals surface area contributed by atoms with E-state index in [0.717, 1.165) is 5.56 Å². The number of hydrogen-bond donors (Lipinski definition) is 2. The Morgan fingerprint density at radius 3 is 2.42 bits per heavy atom. The Balaban J connectivity index is 2.13. The molecule has 3 nitrogen and oxygen atoms in total. The van der Waals surface area contributed by atoms with Crippen molar-refractivity contribution >= 4 is 34.8 Å². The summed E-state index contributed by atoms with van der Waals surface area (Å²) in [6.07, 6.45) is 0. The number of hydrogen-bond acceptors (Lipinski definition) is 2. The zero-order valence-corrected chi connectivity index (χ0v) is 11.5. The average Bonchev–Trinajstić information content (AvgIpc) is 2.37. The lowest BCUT2D eigenvalue weighted by atomic mass is 10.1. The standard InChI is InChI=1S/C14H12Cl2N2O/c15-10-5-2-1-4-9(10)8-18-14(19)13-11(16)6-3-7-12(13)17/h1-7H,8,17H2,(H,18,19). The monoisotopic (exact) mass is 294 g/mol. The molecule has 0 fully saturated rings. The summed E-state index contributed by atoms with van der Waals surface area (Å²) in [5.41, 5.74) is 7.23. The number of anilines is 1. The van der Waals surface area contributed by atoms with Crippen molar-refractivity contribution in [3.05, 3.63) is 63.6 Å². The summed E-state index contributed by atoms with van der Waals surface area (Å²) in [7, 11) is 0. The summed E-state index contributed by atoms with van der Waals surface area (Å²) in [5.74, 6) is -0.317. The number of halogens is 2. The zero-order chi connectivity index (χ0) is 13.8. The molecule has 0 heterocycles. The zero-order valence-electron chi connectivity index (χ0n) is 9.99. The second kappa shape index (κ2) is 5.95. The SMILES string of the molecule is Nc1cccc(Cl)c1C(=O)NCc1ccccc1Cl. The molecule has 0 saturated heterocycles. The fourth-order valence-electron chi connectivity index (χ4n) is 1.69. The summed E-state index contributed by atoms with van der Waals surface area (Å²) in [6.45, 7) is 0.323. The highest BCUT2D eigenvalue weighted by atomic mass is 35.5. The topological polar surface area (TPSA) is 55.1 Å². The first-order valence-corrected chi connectivity index (χ1v) is 6.41. The van der Waals surface area contributed by atoms with Crippen LogP contribution in [0.4, 0.5) is 5.69 Å². The highest BCUT2D eigenvalue weighted by Gasteiger charge is 2.13. The minimum Gasteiger partial charge on any atom is -0.398 e. The molecule has 0 aliphatic heterocycles. The molecule has 0 spiro atoms. The fraction of sp³-hybridized carbons (Fsp3) is 0.0714. The first kappa shape index (κ1) is 13.7. The first-order chi connectivity index (χ1) is 9.09. The molecule has 0 saturated carbocycles. The molecule has 0 atom stereocenters. The predicted molar refractivity (Wildman–Crippen MR) is 78.5 cm³/mol. The number of amides is 1. The van der Waals surface area contributed by atoms with E-state index in [1.54, 1.807) is 24.3 Å². The first-order valence-electron chi connectivity index (χ1n) is 5.65. The van der Waals surface area contributed by atoms with Gasteiger partial charge >= 0.3 is 0 Å². The number of carbonyl (C=O) groups is 1. The Bertz CT molecular complexity index is 594. The number of nitrogen functional groups attached to an aromatic ring is 1. The third-order valence-electron chi connectivity index (χ3n) is 2.67. The van der Waals surface area contributed by atoms with Gasteiger partial charge in [-0.3, -0.25) is 4.79 Å². The van der Waals surface area contributed by atoms with Crippen molar-refractivity contribution in [1.82, 2.24) is 5.32 Å². The Labute approximate surface area is 121 Å². The molecule has 19 heavy (non-hydrogen) atoms. The third kappa shape index (κ3) is 3.19. The average molecular weight is 295 g/mol. The highest BCUT2D eigenvalue weighted by molar-refractivity contribution is 6.34. The molecule has 0 aliphatic rings. The van der Waals surface area contributed by atoms with Gasteiger partial charge in [-0.1, -0.05) is 47.5 Å². The van der Waals surface area contributed by atoms with Gasteiger partial charge in [-0.25, -0.2) is 0 Å². The van der Waals surface area contributed by atoms with Crippen LogP contribution in [0.1, 0.15) is 15.9 Å². The van der Waals surface area contributed by atoms with Gasteiger partial charge in [0.25, 0.3) is 5.91 Å². The normalized spacial score (nSPS) is 10.2. The summed E-state index contributed by atoms with van der Waals surface area (Å²) < 4.78 is 0. The van der Waals surface area contributed by atoms with Gasteiger partial charge in [0.15, 0.2) is 0 Å². The van der Waals surface area contributed by atoms with E-state index < -0.39 is 0 Å². The van der Waals surface area contributed by atoms with Gasteiger partial charge in [-0.15, -0.1) is 0 Å². The third-order valence-corrected chi connectivity index (χ3v) is 3.35. The van der Waals surface area contributed by atoms with E-state index in [0.29, 0.717) is 22.3 Å². The van der Waals surface area contributed by atoms with Crippen molar-refractivity contribution in [2.75, 3.05) is 5.73 Å². The van der Waals surface area contributed by atoms with Crippen LogP contribution in [0.15, 0.2) is 42.5 Å². The second-order valence-corrected chi connectivity index (χ2v) is 4.79. The molecule has 0 unspecified atom stereocenters. The van der Waals surface area contributed by atoms with Crippen molar-refractivity contribution in [1.29, 1.82) is 0 Å². The number of benzene rings is 2. The largest absolute Gasteiger partial charge is 0.398 e. The van der Waals surface area contributed by atoms with Crippen molar-refractivity contribution in [2.45, 2.75) is 6.54 Å². The maximum absolute atomic E-state index is 12.1. The van der Waals surface area contributed by atoms with E-state index >= 15 is 0 Å². The molecule has 98 valence electrons. The summed E-state index contributed by atoms with van der Waals surface area (Å²) >= 11 is 12.0. The van der Waals surface area contributed by atoms with Crippen LogP contribution in [0.5, 0.6) is 0 Å². The van der Waals surface area contributed by atoms with Crippen molar-refractivity contribution < 1.29 is 4.79 Å². The number of carbonyl (C=O) groups excluding carboxylic acids is 1. The molecular formula is C14H12Cl2N2O. The van der Waals surface area contributed by atoms with Crippen LogP contribution in [0, 0.1) is 0 Å². The molecule has 2 aromatic rings. The molecular weight excluding hydrogens is 283 g/mol. The van der Waals surface area contributed by atoms with E-state index in [4.69, 9.17) is 28.9 Å². The Morgan fingerprint density at radius 1 is 1.05 bits per heavy atom. The van der Waals surface area contributed by atoms with Crippen LogP contribution in [0.25, 0.3) is 0 Å². The van der Waals surface area contributed by atoms with Crippen LogP contribution in [0.3, 0.4) is 0 Å².